The molecule has 0 saturated carbocycles. The average Bonchev–Trinajstić information content (AvgIpc) is 3.09. The van der Waals surface area contributed by atoms with E-state index in [1.165, 1.54) is 0 Å². The molecule has 1 fully saturated rings. The van der Waals surface area contributed by atoms with Gasteiger partial charge in [-0.15, -0.1) is 0 Å². The van der Waals surface area contributed by atoms with E-state index in [1.54, 1.807) is 4.68 Å². The highest BCUT2D eigenvalue weighted by Gasteiger charge is 2.32. The van der Waals surface area contributed by atoms with Crippen molar-refractivity contribution in [1.82, 2.24) is 19.2 Å². The molecule has 0 radical (unpaired) electrons. The van der Waals surface area contributed by atoms with Gasteiger partial charge in [-0.3, -0.25) is 4.90 Å². The van der Waals surface area contributed by atoms with Gasteiger partial charge in [-0.25, -0.2) is 13.1 Å². The zero-order chi connectivity index (χ0) is 18.9. The molecule has 142 valence electrons. The quantitative estimate of drug-likeness (QED) is 0.679. The van der Waals surface area contributed by atoms with Gasteiger partial charge in [0.15, 0.2) is 20.4 Å². The van der Waals surface area contributed by atoms with Gasteiger partial charge >= 0.3 is 0 Å². The van der Waals surface area contributed by atoms with E-state index in [4.69, 9.17) is 23.8 Å². The van der Waals surface area contributed by atoms with Gasteiger partial charge in [0.2, 0.25) is 0 Å². The lowest BCUT2D eigenvalue weighted by atomic mass is 10.2. The van der Waals surface area contributed by atoms with Crippen LogP contribution in [0.1, 0.15) is 19.8 Å². The summed E-state index contributed by atoms with van der Waals surface area (Å²) < 4.78 is 27.9. The highest BCUT2D eigenvalue weighted by Crippen LogP contribution is 2.26. The van der Waals surface area contributed by atoms with E-state index in [0.29, 0.717) is 28.7 Å². The Bertz CT molecular complexity index is 952. The molecule has 0 unspecified atom stereocenters. The van der Waals surface area contributed by atoms with E-state index in [2.05, 4.69) is 16.9 Å². The molecule has 1 aliphatic heterocycles. The van der Waals surface area contributed by atoms with Crippen LogP contribution in [0, 0.1) is 4.77 Å². The minimum Gasteiger partial charge on any atom is -0.303 e. The van der Waals surface area contributed by atoms with E-state index in [-0.39, 0.29) is 17.5 Å². The molecule has 6 nitrogen and oxygen atoms in total. The SMILES string of the molecule is CCCN(Cn1nc(-c2ccccc2Cl)n(C)c1=S)[C@H]1CCS(=O)(=O)C1. The second kappa shape index (κ2) is 7.80. The fraction of sp³-hybridized carbons (Fsp3) is 0.529. The number of hydrogen-bond acceptors (Lipinski definition) is 5. The topological polar surface area (TPSA) is 60.1 Å². The first kappa shape index (κ1) is 19.5. The summed E-state index contributed by atoms with van der Waals surface area (Å²) in [4.78, 5) is 2.17. The number of benzene rings is 1. The van der Waals surface area contributed by atoms with Crippen LogP contribution in [0.2, 0.25) is 5.02 Å². The molecule has 2 heterocycles. The smallest absolute Gasteiger partial charge is 0.199 e. The van der Waals surface area contributed by atoms with Crippen molar-refractivity contribution < 1.29 is 8.42 Å². The standard InChI is InChI=1S/C17H23ClN4O2S2/c1-3-9-21(13-8-10-26(23,24)11-13)12-22-17(25)20(2)16(19-22)14-6-4-5-7-15(14)18/h4-7,13H,3,8-12H2,1-2H3/t13-/m0/s1. The normalized spacial score (nSPS) is 19.3. The Labute approximate surface area is 164 Å². The summed E-state index contributed by atoms with van der Waals surface area (Å²) in [6.07, 6.45) is 1.61. The first-order valence-corrected chi connectivity index (χ1v) is 11.3. The number of rotatable bonds is 6. The highest BCUT2D eigenvalue weighted by atomic mass is 35.5. The number of hydrogen-bond donors (Lipinski definition) is 0. The molecule has 1 aromatic heterocycles. The Hall–Kier alpha value is -1.22. The second-order valence-electron chi connectivity index (χ2n) is 6.66. The molecule has 1 atom stereocenters. The van der Waals surface area contributed by atoms with Gasteiger partial charge in [-0.05, 0) is 43.7 Å². The lowest BCUT2D eigenvalue weighted by molar-refractivity contribution is 0.155. The van der Waals surface area contributed by atoms with Gasteiger partial charge in [-0.1, -0.05) is 30.7 Å². The fourth-order valence-electron chi connectivity index (χ4n) is 3.35. The van der Waals surface area contributed by atoms with Crippen LogP contribution < -0.4 is 0 Å². The summed E-state index contributed by atoms with van der Waals surface area (Å²) in [7, 11) is -1.06. The number of aromatic nitrogens is 3. The fourth-order valence-corrected chi connectivity index (χ4v) is 5.52. The van der Waals surface area contributed by atoms with Crippen molar-refractivity contribution in [3.05, 3.63) is 34.1 Å². The largest absolute Gasteiger partial charge is 0.303 e. The van der Waals surface area contributed by atoms with Crippen LogP contribution in [0.5, 0.6) is 0 Å². The van der Waals surface area contributed by atoms with E-state index >= 15 is 0 Å². The Morgan fingerprint density at radius 1 is 1.38 bits per heavy atom. The molecule has 1 aliphatic rings. The summed E-state index contributed by atoms with van der Waals surface area (Å²) in [5.74, 6) is 1.18. The monoisotopic (exact) mass is 414 g/mol. The number of nitrogens with zero attached hydrogens (tertiary/aromatic N) is 4. The van der Waals surface area contributed by atoms with Crippen molar-refractivity contribution in [2.75, 3.05) is 18.1 Å². The van der Waals surface area contributed by atoms with Crippen molar-refractivity contribution in [1.29, 1.82) is 0 Å². The molecule has 26 heavy (non-hydrogen) atoms. The van der Waals surface area contributed by atoms with E-state index in [1.807, 2.05) is 35.9 Å². The maximum absolute atomic E-state index is 11.9. The minimum absolute atomic E-state index is 0.0209. The van der Waals surface area contributed by atoms with Crippen molar-refractivity contribution in [2.45, 2.75) is 32.5 Å². The van der Waals surface area contributed by atoms with Crippen molar-refractivity contribution in [2.24, 2.45) is 7.05 Å². The summed E-state index contributed by atoms with van der Waals surface area (Å²) in [5, 5.41) is 5.29. The summed E-state index contributed by atoms with van der Waals surface area (Å²) in [6, 6.07) is 7.55. The van der Waals surface area contributed by atoms with Crippen LogP contribution in [0.4, 0.5) is 0 Å². The van der Waals surface area contributed by atoms with Crippen LogP contribution in [0.15, 0.2) is 24.3 Å². The Morgan fingerprint density at radius 3 is 2.73 bits per heavy atom. The first-order chi connectivity index (χ1) is 12.3. The van der Waals surface area contributed by atoms with Gasteiger partial charge in [0.05, 0.1) is 23.2 Å². The predicted molar refractivity (Wildman–Crippen MR) is 107 cm³/mol. The van der Waals surface area contributed by atoms with Crippen LogP contribution >= 0.6 is 23.8 Å². The van der Waals surface area contributed by atoms with Crippen LogP contribution in [0.3, 0.4) is 0 Å². The summed E-state index contributed by atoms with van der Waals surface area (Å²) in [6.45, 7) is 3.37. The molecule has 1 aromatic carbocycles. The van der Waals surface area contributed by atoms with Gasteiger partial charge in [0.1, 0.15) is 0 Å². The van der Waals surface area contributed by atoms with Crippen molar-refractivity contribution in [3.63, 3.8) is 0 Å². The zero-order valence-electron chi connectivity index (χ0n) is 14.9. The van der Waals surface area contributed by atoms with E-state index in [0.717, 1.165) is 18.5 Å². The molecule has 0 spiro atoms. The van der Waals surface area contributed by atoms with Gasteiger partial charge < -0.3 is 4.57 Å². The number of sulfone groups is 1. The maximum Gasteiger partial charge on any atom is 0.199 e. The third-order valence-electron chi connectivity index (χ3n) is 4.71. The molecule has 3 rings (SSSR count). The molecule has 0 amide bonds. The molecule has 1 saturated heterocycles. The lowest BCUT2D eigenvalue weighted by Gasteiger charge is -2.27. The summed E-state index contributed by atoms with van der Waals surface area (Å²) in [5.41, 5.74) is 0.826. The zero-order valence-corrected chi connectivity index (χ0v) is 17.3. The van der Waals surface area contributed by atoms with Crippen LogP contribution in [-0.2, 0) is 23.6 Å². The first-order valence-electron chi connectivity index (χ1n) is 8.65. The third-order valence-corrected chi connectivity index (χ3v) is 7.27. The summed E-state index contributed by atoms with van der Waals surface area (Å²) >= 11 is 11.9. The predicted octanol–water partition coefficient (Wildman–Crippen LogP) is 3.13. The number of halogens is 1. The van der Waals surface area contributed by atoms with E-state index < -0.39 is 9.84 Å². The van der Waals surface area contributed by atoms with Gasteiger partial charge in [-0.2, -0.15) is 5.10 Å². The third kappa shape index (κ3) is 4.03. The van der Waals surface area contributed by atoms with Gasteiger partial charge in [0.25, 0.3) is 0 Å². The minimum atomic E-state index is -2.93. The molecular formula is C17H23ClN4O2S2. The van der Waals surface area contributed by atoms with E-state index in [9.17, 15) is 8.42 Å². The Balaban J connectivity index is 1.90. The van der Waals surface area contributed by atoms with Crippen molar-refractivity contribution >= 4 is 33.7 Å². The molecule has 9 heteroatoms. The molecular weight excluding hydrogens is 392 g/mol. The lowest BCUT2D eigenvalue weighted by Crippen LogP contribution is -2.38. The maximum atomic E-state index is 11.9. The molecule has 0 aliphatic carbocycles. The van der Waals surface area contributed by atoms with Gasteiger partial charge in [0, 0.05) is 18.7 Å². The Kier molecular flexibility index (Phi) is 5.86. The van der Waals surface area contributed by atoms with Crippen LogP contribution in [0.25, 0.3) is 11.4 Å². The molecule has 0 bridgehead atoms. The molecule has 0 N–H and O–H groups in total. The van der Waals surface area contributed by atoms with Crippen molar-refractivity contribution in [3.8, 4) is 11.4 Å². The molecule has 2 aromatic rings. The Morgan fingerprint density at radius 2 is 2.12 bits per heavy atom. The van der Waals surface area contributed by atoms with Crippen LogP contribution in [-0.4, -0.2) is 51.8 Å². The highest BCUT2D eigenvalue weighted by molar-refractivity contribution is 7.91. The second-order valence-corrected chi connectivity index (χ2v) is 9.66. The average molecular weight is 415 g/mol.